The smallest absolute Gasteiger partial charge is 0.352 e. The van der Waals surface area contributed by atoms with Gasteiger partial charge in [-0.3, -0.25) is 9.59 Å². The van der Waals surface area contributed by atoms with Crippen LogP contribution in [0.15, 0.2) is 30.3 Å². The molecule has 0 radical (unpaired) electrons. The van der Waals surface area contributed by atoms with Crippen molar-refractivity contribution in [2.75, 3.05) is 6.54 Å². The molecule has 1 rings (SSSR count). The van der Waals surface area contributed by atoms with E-state index >= 15 is 0 Å². The maximum atomic E-state index is 12.1. The van der Waals surface area contributed by atoms with Crippen molar-refractivity contribution in [2.24, 2.45) is 5.92 Å². The number of carbonyl (C=O) groups is 2. The second-order valence-electron chi connectivity index (χ2n) is 4.64. The van der Waals surface area contributed by atoms with Gasteiger partial charge in [0.1, 0.15) is 0 Å². The lowest BCUT2D eigenvalue weighted by Gasteiger charge is -2.12. The zero-order valence-corrected chi connectivity index (χ0v) is 11.0. The summed E-state index contributed by atoms with van der Waals surface area (Å²) in [5.41, 5.74) is 0.492. The van der Waals surface area contributed by atoms with Crippen LogP contribution in [0.1, 0.15) is 30.1 Å². The minimum atomic E-state index is -4.78. The molecule has 1 unspecified atom stereocenters. The van der Waals surface area contributed by atoms with Crippen LogP contribution in [0, 0.1) is 5.92 Å². The highest BCUT2D eigenvalue weighted by Crippen LogP contribution is 2.21. The Morgan fingerprint density at radius 1 is 1.20 bits per heavy atom. The van der Waals surface area contributed by atoms with E-state index in [-0.39, 0.29) is 12.5 Å². The number of hydrogen-bond donors (Lipinski definition) is 1. The van der Waals surface area contributed by atoms with Crippen molar-refractivity contribution in [3.05, 3.63) is 35.9 Å². The average molecular weight is 287 g/mol. The minimum Gasteiger partial charge on any atom is -0.352 e. The summed E-state index contributed by atoms with van der Waals surface area (Å²) in [6.07, 6.45) is -5.01. The van der Waals surface area contributed by atoms with Crippen LogP contribution in [0.5, 0.6) is 0 Å². The lowest BCUT2D eigenvalue weighted by molar-refractivity contribution is -0.172. The first-order chi connectivity index (χ1) is 9.30. The summed E-state index contributed by atoms with van der Waals surface area (Å²) in [6.45, 7) is 1.79. The number of rotatable bonds is 6. The van der Waals surface area contributed by atoms with E-state index in [9.17, 15) is 22.8 Å². The monoisotopic (exact) mass is 287 g/mol. The Morgan fingerprint density at radius 2 is 1.80 bits per heavy atom. The van der Waals surface area contributed by atoms with Crippen LogP contribution in [0.4, 0.5) is 13.2 Å². The maximum absolute atomic E-state index is 12.1. The molecule has 0 aliphatic heterocycles. The normalized spacial score (nSPS) is 12.8. The van der Waals surface area contributed by atoms with Gasteiger partial charge in [-0.25, -0.2) is 0 Å². The molecule has 0 saturated carbocycles. The van der Waals surface area contributed by atoms with E-state index in [2.05, 4.69) is 5.32 Å². The van der Waals surface area contributed by atoms with Gasteiger partial charge in [0.05, 0.1) is 0 Å². The largest absolute Gasteiger partial charge is 0.449 e. The molecule has 1 atom stereocenters. The summed E-state index contributed by atoms with van der Waals surface area (Å²) in [6, 6.07) is 8.51. The molecule has 0 spiro atoms. The number of hydrogen-bond acceptors (Lipinski definition) is 2. The molecule has 0 heterocycles. The molecule has 1 amide bonds. The van der Waals surface area contributed by atoms with E-state index in [1.54, 1.807) is 37.3 Å². The van der Waals surface area contributed by atoms with E-state index < -0.39 is 24.3 Å². The Bertz CT molecular complexity index is 457. The van der Waals surface area contributed by atoms with Crippen LogP contribution in [0.25, 0.3) is 0 Å². The summed E-state index contributed by atoms with van der Waals surface area (Å²) in [7, 11) is 0. The first-order valence-corrected chi connectivity index (χ1v) is 6.24. The zero-order chi connectivity index (χ0) is 15.2. The number of alkyl halides is 3. The van der Waals surface area contributed by atoms with Crippen molar-refractivity contribution in [3.8, 4) is 0 Å². The Labute approximate surface area is 115 Å². The third kappa shape index (κ3) is 5.42. The van der Waals surface area contributed by atoms with Crippen LogP contribution in [0.2, 0.25) is 0 Å². The van der Waals surface area contributed by atoms with Gasteiger partial charge in [0.15, 0.2) is 0 Å². The van der Waals surface area contributed by atoms with E-state index in [4.69, 9.17) is 0 Å². The van der Waals surface area contributed by atoms with Gasteiger partial charge in [-0.05, 0) is 24.5 Å². The molecular weight excluding hydrogens is 271 g/mol. The standard InChI is InChI=1S/C14H16F3NO2/c1-10(9-12(19)14(15,16)17)7-8-18-13(20)11-5-3-2-4-6-11/h2-6,10H,7-9H2,1H3,(H,18,20). The number of halogens is 3. The Morgan fingerprint density at radius 3 is 2.35 bits per heavy atom. The van der Waals surface area contributed by atoms with Gasteiger partial charge in [-0.1, -0.05) is 25.1 Å². The lowest BCUT2D eigenvalue weighted by atomic mass is 10.0. The van der Waals surface area contributed by atoms with Crippen LogP contribution < -0.4 is 5.32 Å². The minimum absolute atomic E-state index is 0.236. The number of amides is 1. The molecule has 0 aliphatic carbocycles. The average Bonchev–Trinajstić information content (AvgIpc) is 2.38. The fourth-order valence-electron chi connectivity index (χ4n) is 1.66. The van der Waals surface area contributed by atoms with E-state index in [1.807, 2.05) is 0 Å². The third-order valence-corrected chi connectivity index (χ3v) is 2.81. The molecule has 1 N–H and O–H groups in total. The second-order valence-corrected chi connectivity index (χ2v) is 4.64. The fraction of sp³-hybridized carbons (Fsp3) is 0.429. The van der Waals surface area contributed by atoms with E-state index in [0.717, 1.165) is 0 Å². The highest BCUT2D eigenvalue weighted by molar-refractivity contribution is 5.94. The highest BCUT2D eigenvalue weighted by atomic mass is 19.4. The van der Waals surface area contributed by atoms with Crippen molar-refractivity contribution in [1.29, 1.82) is 0 Å². The number of Topliss-reactive ketones (excluding diaryl/α,β-unsaturated/α-hetero) is 1. The summed E-state index contributed by atoms with van der Waals surface area (Å²) >= 11 is 0. The molecule has 3 nitrogen and oxygen atoms in total. The van der Waals surface area contributed by atoms with Gasteiger partial charge in [0, 0.05) is 18.5 Å². The topological polar surface area (TPSA) is 46.2 Å². The number of carbonyl (C=O) groups excluding carboxylic acids is 2. The van der Waals surface area contributed by atoms with Crippen molar-refractivity contribution >= 4 is 11.7 Å². The first kappa shape index (κ1) is 16.2. The first-order valence-electron chi connectivity index (χ1n) is 6.24. The summed E-state index contributed by atoms with van der Waals surface area (Å²) < 4.78 is 36.2. The van der Waals surface area contributed by atoms with Crippen molar-refractivity contribution in [1.82, 2.24) is 5.32 Å². The van der Waals surface area contributed by atoms with E-state index in [0.29, 0.717) is 12.0 Å². The molecule has 0 bridgehead atoms. The fourth-order valence-corrected chi connectivity index (χ4v) is 1.66. The molecule has 1 aromatic carbocycles. The summed E-state index contributed by atoms with van der Waals surface area (Å²) in [5.74, 6) is -2.43. The third-order valence-electron chi connectivity index (χ3n) is 2.81. The second kappa shape index (κ2) is 7.07. The van der Waals surface area contributed by atoms with Gasteiger partial charge < -0.3 is 5.32 Å². The molecule has 20 heavy (non-hydrogen) atoms. The number of benzene rings is 1. The van der Waals surface area contributed by atoms with Crippen LogP contribution in [-0.2, 0) is 4.79 Å². The quantitative estimate of drug-likeness (QED) is 0.874. The molecule has 0 saturated heterocycles. The van der Waals surface area contributed by atoms with Crippen LogP contribution in [0.3, 0.4) is 0 Å². The predicted octanol–water partition coefficient (Wildman–Crippen LogP) is 2.96. The Kier molecular flexibility index (Phi) is 5.73. The SMILES string of the molecule is CC(CCNC(=O)c1ccccc1)CC(=O)C(F)(F)F. The maximum Gasteiger partial charge on any atom is 0.449 e. The van der Waals surface area contributed by atoms with Crippen LogP contribution >= 0.6 is 0 Å². The molecule has 1 aromatic rings. The Balaban J connectivity index is 2.31. The van der Waals surface area contributed by atoms with Crippen molar-refractivity contribution in [3.63, 3.8) is 0 Å². The molecular formula is C14H16F3NO2. The zero-order valence-electron chi connectivity index (χ0n) is 11.0. The van der Waals surface area contributed by atoms with Gasteiger partial charge >= 0.3 is 6.18 Å². The van der Waals surface area contributed by atoms with Crippen molar-refractivity contribution in [2.45, 2.75) is 25.9 Å². The highest BCUT2D eigenvalue weighted by Gasteiger charge is 2.38. The molecule has 0 aromatic heterocycles. The van der Waals surface area contributed by atoms with Crippen molar-refractivity contribution < 1.29 is 22.8 Å². The van der Waals surface area contributed by atoms with Gasteiger partial charge in [-0.15, -0.1) is 0 Å². The van der Waals surface area contributed by atoms with Crippen LogP contribution in [-0.4, -0.2) is 24.4 Å². The molecule has 110 valence electrons. The molecule has 6 heteroatoms. The molecule has 0 aliphatic rings. The lowest BCUT2D eigenvalue weighted by Crippen LogP contribution is -2.28. The molecule has 0 fully saturated rings. The van der Waals surface area contributed by atoms with E-state index in [1.165, 1.54) is 0 Å². The number of ketones is 1. The predicted molar refractivity (Wildman–Crippen MR) is 68.2 cm³/mol. The van der Waals surface area contributed by atoms with Gasteiger partial charge in [0.2, 0.25) is 5.78 Å². The Hall–Kier alpha value is -1.85. The van der Waals surface area contributed by atoms with Gasteiger partial charge in [-0.2, -0.15) is 13.2 Å². The summed E-state index contributed by atoms with van der Waals surface area (Å²) in [5, 5.41) is 2.61. The summed E-state index contributed by atoms with van der Waals surface area (Å²) in [4.78, 5) is 22.4. The van der Waals surface area contributed by atoms with Gasteiger partial charge in [0.25, 0.3) is 5.91 Å². The number of nitrogens with one attached hydrogen (secondary N) is 1.